The van der Waals surface area contributed by atoms with Crippen molar-refractivity contribution in [3.05, 3.63) is 0 Å². The fourth-order valence-corrected chi connectivity index (χ4v) is 3.45. The van der Waals surface area contributed by atoms with Crippen molar-refractivity contribution in [1.82, 2.24) is 10.2 Å². The van der Waals surface area contributed by atoms with Gasteiger partial charge in [-0.3, -0.25) is 4.90 Å². The Morgan fingerprint density at radius 3 is 2.33 bits per heavy atom. The number of piperidine rings is 1. The molecule has 1 aliphatic heterocycles. The van der Waals surface area contributed by atoms with Gasteiger partial charge in [0.05, 0.1) is 0 Å². The van der Waals surface area contributed by atoms with E-state index >= 15 is 0 Å². The van der Waals surface area contributed by atoms with E-state index in [1.54, 1.807) is 0 Å². The molecule has 4 atom stereocenters. The van der Waals surface area contributed by atoms with Crippen LogP contribution in [0.3, 0.4) is 0 Å². The normalized spacial score (nSPS) is 38.5. The van der Waals surface area contributed by atoms with Crippen LogP contribution in [-0.4, -0.2) is 35.6 Å². The second-order valence-electron chi connectivity index (χ2n) is 7.76. The van der Waals surface area contributed by atoms with Crippen molar-refractivity contribution < 1.29 is 0 Å². The summed E-state index contributed by atoms with van der Waals surface area (Å²) in [5.41, 5.74) is 0.265. The molecule has 0 spiro atoms. The Kier molecular flexibility index (Phi) is 4.38. The molecule has 1 heterocycles. The maximum atomic E-state index is 3.69. The van der Waals surface area contributed by atoms with Crippen molar-refractivity contribution in [1.29, 1.82) is 0 Å². The Morgan fingerprint density at radius 2 is 1.78 bits per heavy atom. The van der Waals surface area contributed by atoms with Gasteiger partial charge in [-0.15, -0.1) is 0 Å². The quantitative estimate of drug-likeness (QED) is 0.829. The highest BCUT2D eigenvalue weighted by Gasteiger charge is 2.39. The molecule has 1 aliphatic carbocycles. The van der Waals surface area contributed by atoms with E-state index in [0.717, 1.165) is 23.9 Å². The minimum absolute atomic E-state index is 0.265. The lowest BCUT2D eigenvalue weighted by atomic mass is 9.76. The summed E-state index contributed by atoms with van der Waals surface area (Å²) in [7, 11) is 0. The van der Waals surface area contributed by atoms with Crippen LogP contribution in [0.25, 0.3) is 0 Å². The van der Waals surface area contributed by atoms with Crippen molar-refractivity contribution in [2.75, 3.05) is 13.1 Å². The Bertz CT molecular complexity index is 269. The zero-order chi connectivity index (χ0) is 13.3. The van der Waals surface area contributed by atoms with Crippen LogP contribution in [0.1, 0.15) is 60.3 Å². The molecule has 0 aromatic carbocycles. The standard InChI is InChI=1S/C16H32N2/c1-12-6-7-13(2)18(11-12)15-9-8-14(15)10-17-16(3,4)5/h12-15,17H,6-11H2,1-5H3. The van der Waals surface area contributed by atoms with Gasteiger partial charge in [-0.2, -0.15) is 0 Å². The van der Waals surface area contributed by atoms with E-state index in [1.165, 1.54) is 38.8 Å². The van der Waals surface area contributed by atoms with Crippen molar-refractivity contribution in [3.63, 3.8) is 0 Å². The average molecular weight is 252 g/mol. The summed E-state index contributed by atoms with van der Waals surface area (Å²) in [6.07, 6.45) is 5.67. The molecule has 0 amide bonds. The lowest BCUT2D eigenvalue weighted by Crippen LogP contribution is -2.57. The summed E-state index contributed by atoms with van der Waals surface area (Å²) < 4.78 is 0. The molecule has 1 N–H and O–H groups in total. The van der Waals surface area contributed by atoms with Crippen LogP contribution < -0.4 is 5.32 Å². The van der Waals surface area contributed by atoms with Crippen LogP contribution >= 0.6 is 0 Å². The fourth-order valence-electron chi connectivity index (χ4n) is 3.45. The average Bonchev–Trinajstić information content (AvgIpc) is 2.20. The monoisotopic (exact) mass is 252 g/mol. The second kappa shape index (κ2) is 5.50. The summed E-state index contributed by atoms with van der Waals surface area (Å²) in [4.78, 5) is 2.81. The van der Waals surface area contributed by atoms with Crippen LogP contribution in [-0.2, 0) is 0 Å². The lowest BCUT2D eigenvalue weighted by molar-refractivity contribution is -0.00341. The predicted octanol–water partition coefficient (Wildman–Crippen LogP) is 3.27. The maximum absolute atomic E-state index is 3.69. The summed E-state index contributed by atoms with van der Waals surface area (Å²) in [5, 5.41) is 3.69. The molecule has 2 nitrogen and oxygen atoms in total. The largest absolute Gasteiger partial charge is 0.312 e. The molecule has 0 bridgehead atoms. The summed E-state index contributed by atoms with van der Waals surface area (Å²) >= 11 is 0. The van der Waals surface area contributed by atoms with E-state index < -0.39 is 0 Å². The molecule has 0 aromatic heterocycles. The highest BCUT2D eigenvalue weighted by molar-refractivity contribution is 4.94. The number of rotatable bonds is 3. The van der Waals surface area contributed by atoms with Crippen LogP contribution in [0.5, 0.6) is 0 Å². The first-order chi connectivity index (χ1) is 8.37. The second-order valence-corrected chi connectivity index (χ2v) is 7.76. The summed E-state index contributed by atoms with van der Waals surface area (Å²) in [6, 6.07) is 1.67. The highest BCUT2D eigenvalue weighted by Crippen LogP contribution is 2.36. The van der Waals surface area contributed by atoms with Gasteiger partial charge in [0.2, 0.25) is 0 Å². The van der Waals surface area contributed by atoms with Crippen LogP contribution in [0.15, 0.2) is 0 Å². The van der Waals surface area contributed by atoms with Gasteiger partial charge in [0.1, 0.15) is 0 Å². The Balaban J connectivity index is 1.85. The predicted molar refractivity (Wildman–Crippen MR) is 78.8 cm³/mol. The molecule has 1 saturated heterocycles. The fraction of sp³-hybridized carbons (Fsp3) is 1.00. The zero-order valence-corrected chi connectivity index (χ0v) is 13.0. The zero-order valence-electron chi connectivity index (χ0n) is 13.0. The van der Waals surface area contributed by atoms with E-state index in [1.807, 2.05) is 0 Å². The molecule has 2 aliphatic rings. The Labute approximate surface area is 114 Å². The third kappa shape index (κ3) is 3.48. The first-order valence-electron chi connectivity index (χ1n) is 7.87. The third-order valence-electron chi connectivity index (χ3n) is 4.86. The van der Waals surface area contributed by atoms with Gasteiger partial charge in [-0.25, -0.2) is 0 Å². The molecule has 2 heteroatoms. The van der Waals surface area contributed by atoms with Crippen LogP contribution in [0.4, 0.5) is 0 Å². The Morgan fingerprint density at radius 1 is 1.06 bits per heavy atom. The molecule has 106 valence electrons. The lowest BCUT2D eigenvalue weighted by Gasteiger charge is -2.50. The van der Waals surface area contributed by atoms with E-state index in [2.05, 4.69) is 44.8 Å². The summed E-state index contributed by atoms with van der Waals surface area (Å²) in [6.45, 7) is 14.2. The molecular weight excluding hydrogens is 220 g/mol. The van der Waals surface area contributed by atoms with E-state index in [-0.39, 0.29) is 5.54 Å². The van der Waals surface area contributed by atoms with Crippen molar-refractivity contribution in [2.45, 2.75) is 77.9 Å². The molecule has 4 unspecified atom stereocenters. The molecular formula is C16H32N2. The number of hydrogen-bond acceptors (Lipinski definition) is 2. The van der Waals surface area contributed by atoms with Gasteiger partial charge in [0, 0.05) is 24.2 Å². The number of likely N-dealkylation sites (tertiary alicyclic amines) is 1. The first kappa shape index (κ1) is 14.3. The molecule has 2 fully saturated rings. The third-order valence-corrected chi connectivity index (χ3v) is 4.86. The Hall–Kier alpha value is -0.0800. The molecule has 0 radical (unpaired) electrons. The van der Waals surface area contributed by atoms with Gasteiger partial charge in [-0.05, 0) is 71.8 Å². The number of hydrogen-bond donors (Lipinski definition) is 1. The van der Waals surface area contributed by atoms with Gasteiger partial charge in [-0.1, -0.05) is 6.92 Å². The molecule has 0 aromatic rings. The minimum Gasteiger partial charge on any atom is -0.312 e. The van der Waals surface area contributed by atoms with Gasteiger partial charge >= 0.3 is 0 Å². The highest BCUT2D eigenvalue weighted by atomic mass is 15.2. The molecule has 1 saturated carbocycles. The minimum atomic E-state index is 0.265. The summed E-state index contributed by atoms with van der Waals surface area (Å²) in [5.74, 6) is 1.79. The first-order valence-corrected chi connectivity index (χ1v) is 7.87. The van der Waals surface area contributed by atoms with Gasteiger partial charge in [0.15, 0.2) is 0 Å². The van der Waals surface area contributed by atoms with Crippen molar-refractivity contribution in [2.24, 2.45) is 11.8 Å². The van der Waals surface area contributed by atoms with Gasteiger partial charge < -0.3 is 5.32 Å². The number of nitrogens with one attached hydrogen (secondary N) is 1. The smallest absolute Gasteiger partial charge is 0.0139 e. The maximum Gasteiger partial charge on any atom is 0.0139 e. The SMILES string of the molecule is CC1CCC(C)N(C2CCC2CNC(C)(C)C)C1. The number of nitrogens with zero attached hydrogens (tertiary/aromatic N) is 1. The van der Waals surface area contributed by atoms with Gasteiger partial charge in [0.25, 0.3) is 0 Å². The van der Waals surface area contributed by atoms with E-state index in [9.17, 15) is 0 Å². The molecule has 18 heavy (non-hydrogen) atoms. The molecule has 2 rings (SSSR count). The van der Waals surface area contributed by atoms with Crippen LogP contribution in [0, 0.1) is 11.8 Å². The van der Waals surface area contributed by atoms with Crippen LogP contribution in [0.2, 0.25) is 0 Å². The van der Waals surface area contributed by atoms with E-state index in [0.29, 0.717) is 0 Å². The van der Waals surface area contributed by atoms with Crippen molar-refractivity contribution in [3.8, 4) is 0 Å². The topological polar surface area (TPSA) is 15.3 Å². The van der Waals surface area contributed by atoms with Crippen molar-refractivity contribution >= 4 is 0 Å². The van der Waals surface area contributed by atoms with E-state index in [4.69, 9.17) is 0 Å².